The number of carboxylic acids is 1. The molecular weight excluding hydrogens is 855 g/mol. The fourth-order valence-electron chi connectivity index (χ4n) is 6.07. The third kappa shape index (κ3) is 13.8. The molecule has 4 aromatic heterocycles. The van der Waals surface area contributed by atoms with E-state index in [1.807, 2.05) is 26.0 Å². The minimum atomic E-state index is -1.09. The Balaban J connectivity index is 0.000000237. The summed E-state index contributed by atoms with van der Waals surface area (Å²) in [5.41, 5.74) is 18.9. The fourth-order valence-corrected chi connectivity index (χ4v) is 6.44. The summed E-state index contributed by atoms with van der Waals surface area (Å²) in [6, 6.07) is 24.0. The number of carbonyl (C=O) groups excluding carboxylic acids is 5. The molecule has 0 aliphatic rings. The largest absolute Gasteiger partial charge is 0.480 e. The van der Waals surface area contributed by atoms with E-state index in [0.717, 1.165) is 5.69 Å². The Labute approximate surface area is 372 Å². The Morgan fingerprint density at radius 1 is 0.651 bits per heavy atom. The summed E-state index contributed by atoms with van der Waals surface area (Å²) in [6.45, 7) is 6.94. The molecule has 63 heavy (non-hydrogen) atoms. The van der Waals surface area contributed by atoms with Crippen LogP contribution in [0.5, 0.6) is 0 Å². The maximum atomic E-state index is 13.0. The number of para-hydroxylation sites is 2. The number of hydrogen-bond acceptors (Lipinski definition) is 11. The van der Waals surface area contributed by atoms with Crippen molar-refractivity contribution in [1.29, 1.82) is 0 Å². The minimum absolute atomic E-state index is 0.0859. The molecule has 0 bridgehead atoms. The van der Waals surface area contributed by atoms with Crippen LogP contribution in [0.3, 0.4) is 0 Å². The van der Waals surface area contributed by atoms with E-state index < -0.39 is 30.2 Å². The summed E-state index contributed by atoms with van der Waals surface area (Å²) >= 11 is 11.4. The highest BCUT2D eigenvalue weighted by Gasteiger charge is 2.24. The number of hydrogen-bond donors (Lipinski definition) is 5. The number of fused-ring (bicyclic) bond motifs is 2. The van der Waals surface area contributed by atoms with Gasteiger partial charge in [-0.1, -0.05) is 71.7 Å². The van der Waals surface area contributed by atoms with Gasteiger partial charge < -0.3 is 37.4 Å². The highest BCUT2D eigenvalue weighted by molar-refractivity contribution is 6.29. The van der Waals surface area contributed by atoms with Gasteiger partial charge in [0.1, 0.15) is 29.9 Å². The number of amides is 5. The molecule has 21 heteroatoms. The average Bonchev–Trinajstić information content (AvgIpc) is 3.80. The van der Waals surface area contributed by atoms with Crippen LogP contribution in [0.25, 0.3) is 21.8 Å². The van der Waals surface area contributed by atoms with Gasteiger partial charge in [-0.3, -0.25) is 38.1 Å². The predicted octanol–water partition coefficient (Wildman–Crippen LogP) is 3.39. The van der Waals surface area contributed by atoms with E-state index in [2.05, 4.69) is 25.5 Å². The van der Waals surface area contributed by atoms with Gasteiger partial charge in [0.15, 0.2) is 11.4 Å². The first kappa shape index (κ1) is 48.7. The van der Waals surface area contributed by atoms with Gasteiger partial charge in [0, 0.05) is 29.4 Å². The number of nitrogens with zero attached hydrogens (tertiary/aromatic N) is 8. The summed E-state index contributed by atoms with van der Waals surface area (Å²) in [4.78, 5) is 82.6. The fraction of sp³-hybridized carbons (Fsp3) is 0.286. The lowest BCUT2D eigenvalue weighted by Gasteiger charge is -2.26. The number of benzene rings is 2. The number of halogens is 2. The second kappa shape index (κ2) is 22.8. The highest BCUT2D eigenvalue weighted by Crippen LogP contribution is 2.20. The van der Waals surface area contributed by atoms with Crippen LogP contribution in [0.2, 0.25) is 10.3 Å². The van der Waals surface area contributed by atoms with Crippen LogP contribution >= 0.6 is 23.2 Å². The van der Waals surface area contributed by atoms with Crippen molar-refractivity contribution in [2.45, 2.75) is 66.0 Å². The maximum Gasteiger partial charge on any atom is 0.323 e. The van der Waals surface area contributed by atoms with Crippen LogP contribution < -0.4 is 22.5 Å². The number of pyridine rings is 2. The summed E-state index contributed by atoms with van der Waals surface area (Å²) in [5.74, 6) is -3.47. The summed E-state index contributed by atoms with van der Waals surface area (Å²) in [7, 11) is 0. The van der Waals surface area contributed by atoms with Gasteiger partial charge >= 0.3 is 5.97 Å². The first-order valence-corrected chi connectivity index (χ1v) is 20.2. The van der Waals surface area contributed by atoms with E-state index >= 15 is 0 Å². The van der Waals surface area contributed by atoms with Gasteiger partial charge in [-0.15, -0.1) is 0 Å². The second-order valence-electron chi connectivity index (χ2n) is 14.3. The molecule has 19 nitrogen and oxygen atoms in total. The van der Waals surface area contributed by atoms with Gasteiger partial charge in [-0.25, -0.2) is 9.97 Å². The van der Waals surface area contributed by atoms with Crippen LogP contribution in [0.1, 0.15) is 60.1 Å². The molecule has 0 saturated carbocycles. The highest BCUT2D eigenvalue weighted by atomic mass is 35.5. The van der Waals surface area contributed by atoms with E-state index in [-0.39, 0.29) is 61.5 Å². The standard InChI is InChI=1S/C21H23ClN6O3.C15H18N4O4.C6H7ClN2/c1-13(2)27(11-18(29)24-10-14-6-5-9-17(22)25-14)19(30)12-28-16-8-4-3-7-15(16)20(26-28)21(23)31;1-9(2)18(8-13(21)22)12(20)7-19-11-6-4-3-5-10(11)14(17-19)15(16)23;7-6-3-1-2-5(4-8)9-6/h3-9,13H,10-12H2,1-2H3,(H2,23,31)(H,24,29);3-6,9H,7-8H2,1-2H3,(H2,16,23)(H,21,22);1-3H,4,8H2. The molecule has 2 aromatic carbocycles. The van der Waals surface area contributed by atoms with Crippen molar-refractivity contribution in [3.63, 3.8) is 0 Å². The van der Waals surface area contributed by atoms with Crippen LogP contribution in [0, 0.1) is 0 Å². The number of nitrogens with one attached hydrogen (secondary N) is 1. The molecule has 8 N–H and O–H groups in total. The number of carbonyl (C=O) groups is 6. The number of aromatic nitrogens is 6. The topological polar surface area (TPSA) is 281 Å². The van der Waals surface area contributed by atoms with Crippen LogP contribution in [0.15, 0.2) is 84.9 Å². The third-order valence-corrected chi connectivity index (χ3v) is 9.50. The molecule has 6 rings (SSSR count). The number of nitrogens with two attached hydrogens (primary N) is 3. The third-order valence-electron chi connectivity index (χ3n) is 9.08. The summed E-state index contributed by atoms with van der Waals surface area (Å²) < 4.78 is 2.80. The zero-order valence-electron chi connectivity index (χ0n) is 34.9. The zero-order valence-corrected chi connectivity index (χ0v) is 36.5. The van der Waals surface area contributed by atoms with E-state index in [4.69, 9.17) is 45.5 Å². The van der Waals surface area contributed by atoms with Crippen molar-refractivity contribution in [3.8, 4) is 0 Å². The average molecular weight is 904 g/mol. The van der Waals surface area contributed by atoms with Crippen molar-refractivity contribution in [3.05, 3.63) is 118 Å². The van der Waals surface area contributed by atoms with Gasteiger partial charge in [-0.05, 0) is 64.1 Å². The molecule has 6 aromatic rings. The quantitative estimate of drug-likeness (QED) is 0.0928. The van der Waals surface area contributed by atoms with Gasteiger partial charge in [0.25, 0.3) is 11.8 Å². The van der Waals surface area contributed by atoms with Crippen molar-refractivity contribution in [2.24, 2.45) is 17.2 Å². The smallest absolute Gasteiger partial charge is 0.323 e. The number of aliphatic carboxylic acids is 1. The Morgan fingerprint density at radius 3 is 1.48 bits per heavy atom. The maximum absolute atomic E-state index is 13.0. The molecule has 0 fully saturated rings. The Bertz CT molecular complexity index is 2590. The Hall–Kier alpha value is -6.96. The van der Waals surface area contributed by atoms with Gasteiger partial charge in [0.2, 0.25) is 17.7 Å². The zero-order chi connectivity index (χ0) is 46.4. The molecule has 0 spiro atoms. The molecule has 0 atom stereocenters. The van der Waals surface area contributed by atoms with Gasteiger partial charge in [0.05, 0.1) is 35.5 Å². The first-order chi connectivity index (χ1) is 29.9. The molecule has 0 unspecified atom stereocenters. The van der Waals surface area contributed by atoms with E-state index in [1.165, 1.54) is 19.2 Å². The predicted molar refractivity (Wildman–Crippen MR) is 236 cm³/mol. The molecule has 4 heterocycles. The van der Waals surface area contributed by atoms with Crippen molar-refractivity contribution in [2.75, 3.05) is 13.1 Å². The van der Waals surface area contributed by atoms with E-state index in [9.17, 15) is 28.8 Å². The normalized spacial score (nSPS) is 10.7. The van der Waals surface area contributed by atoms with Crippen LogP contribution in [-0.4, -0.2) is 105 Å². The number of rotatable bonds is 15. The summed E-state index contributed by atoms with van der Waals surface area (Å²) in [5, 5.41) is 21.9. The van der Waals surface area contributed by atoms with Crippen molar-refractivity contribution < 1.29 is 33.9 Å². The number of primary amides is 2. The molecule has 0 radical (unpaired) electrons. The molecular formula is C42H48Cl2N12O7. The molecule has 0 aliphatic carbocycles. The van der Waals surface area contributed by atoms with Crippen LogP contribution in [0.4, 0.5) is 0 Å². The Kier molecular flexibility index (Phi) is 17.6. The van der Waals surface area contributed by atoms with Crippen LogP contribution in [-0.2, 0) is 45.4 Å². The van der Waals surface area contributed by atoms with Gasteiger partial charge in [-0.2, -0.15) is 10.2 Å². The second-order valence-corrected chi connectivity index (χ2v) is 15.1. The molecule has 0 saturated heterocycles. The molecule has 5 amide bonds. The molecule has 332 valence electrons. The van der Waals surface area contributed by atoms with E-state index in [0.29, 0.717) is 44.4 Å². The Morgan fingerprint density at radius 2 is 1.08 bits per heavy atom. The number of carboxylic acid groups (broad SMARTS) is 1. The molecule has 0 aliphatic heterocycles. The lowest BCUT2D eigenvalue weighted by molar-refractivity contribution is -0.146. The minimum Gasteiger partial charge on any atom is -0.480 e. The van der Waals surface area contributed by atoms with Crippen molar-refractivity contribution in [1.82, 2.24) is 44.6 Å². The SMILES string of the molecule is CC(C)N(CC(=O)NCc1cccc(Cl)n1)C(=O)Cn1nc(C(N)=O)c2ccccc21.CC(C)N(CC(=O)O)C(=O)Cn1nc(C(N)=O)c2ccccc21.NCc1cccc(Cl)n1. The van der Waals surface area contributed by atoms with E-state index in [1.54, 1.807) is 86.6 Å². The lowest BCUT2D eigenvalue weighted by Crippen LogP contribution is -2.45. The van der Waals surface area contributed by atoms with Crippen molar-refractivity contribution >= 4 is 80.5 Å². The first-order valence-electron chi connectivity index (χ1n) is 19.4. The lowest BCUT2D eigenvalue weighted by atomic mass is 10.2. The monoisotopic (exact) mass is 902 g/mol. The summed E-state index contributed by atoms with van der Waals surface area (Å²) in [6.07, 6.45) is 0.